The molecule has 2 atom stereocenters. The average Bonchev–Trinajstić information content (AvgIpc) is 2.68. The highest BCUT2D eigenvalue weighted by Crippen LogP contribution is 2.36. The van der Waals surface area contributed by atoms with Crippen LogP contribution >= 0.6 is 0 Å². The van der Waals surface area contributed by atoms with Crippen LogP contribution < -0.4 is 0 Å². The van der Waals surface area contributed by atoms with Crippen LogP contribution in [0.1, 0.15) is 37.0 Å². The molecule has 3 rings (SSSR count). The van der Waals surface area contributed by atoms with Crippen molar-refractivity contribution in [2.75, 3.05) is 19.3 Å². The zero-order chi connectivity index (χ0) is 22.1. The fourth-order valence-electron chi connectivity index (χ4n) is 3.84. The van der Waals surface area contributed by atoms with Crippen LogP contribution in [0.5, 0.6) is 5.75 Å². The van der Waals surface area contributed by atoms with Crippen molar-refractivity contribution in [3.63, 3.8) is 0 Å². The maximum atomic E-state index is 13.9. The third-order valence-electron chi connectivity index (χ3n) is 5.60. The molecule has 2 N–H and O–H groups in total. The SMILES string of the molecule is C[C@H]([C@H](OS(C)(=O)=O)c1ccc(O)c(F)c1)N1CCC(O)(c2ccc(F)cc2)CC1. The molecule has 2 aromatic rings. The lowest BCUT2D eigenvalue weighted by Crippen LogP contribution is -2.48. The van der Waals surface area contributed by atoms with Crippen molar-refractivity contribution >= 4 is 10.1 Å². The topological polar surface area (TPSA) is 87.1 Å². The van der Waals surface area contributed by atoms with Crippen molar-refractivity contribution in [3.8, 4) is 5.75 Å². The van der Waals surface area contributed by atoms with Gasteiger partial charge in [0.25, 0.3) is 10.1 Å². The van der Waals surface area contributed by atoms with Gasteiger partial charge >= 0.3 is 0 Å². The molecule has 2 aromatic carbocycles. The number of halogens is 2. The molecule has 0 aliphatic carbocycles. The zero-order valence-corrected chi connectivity index (χ0v) is 17.6. The second-order valence-corrected chi connectivity index (χ2v) is 9.35. The van der Waals surface area contributed by atoms with Gasteiger partial charge in [0.15, 0.2) is 11.6 Å². The zero-order valence-electron chi connectivity index (χ0n) is 16.8. The smallest absolute Gasteiger partial charge is 0.265 e. The summed E-state index contributed by atoms with van der Waals surface area (Å²) in [6.07, 6.45) is 0.649. The first kappa shape index (κ1) is 22.6. The van der Waals surface area contributed by atoms with Crippen molar-refractivity contribution in [2.45, 2.75) is 37.5 Å². The fourth-order valence-corrected chi connectivity index (χ4v) is 4.49. The summed E-state index contributed by atoms with van der Waals surface area (Å²) in [6.45, 7) is 2.63. The molecule has 0 saturated carbocycles. The maximum absolute atomic E-state index is 13.9. The summed E-state index contributed by atoms with van der Waals surface area (Å²) >= 11 is 0. The van der Waals surface area contributed by atoms with Gasteiger partial charge in [0.05, 0.1) is 11.9 Å². The van der Waals surface area contributed by atoms with E-state index in [-0.39, 0.29) is 11.4 Å². The summed E-state index contributed by atoms with van der Waals surface area (Å²) in [6, 6.07) is 8.90. The summed E-state index contributed by atoms with van der Waals surface area (Å²) in [7, 11) is -3.84. The van der Waals surface area contributed by atoms with Crippen LogP contribution in [0, 0.1) is 11.6 Å². The highest BCUT2D eigenvalue weighted by atomic mass is 32.2. The summed E-state index contributed by atoms with van der Waals surface area (Å²) in [5, 5.41) is 20.4. The van der Waals surface area contributed by atoms with Gasteiger partial charge in [0.1, 0.15) is 11.9 Å². The predicted molar refractivity (Wildman–Crippen MR) is 107 cm³/mol. The number of phenols is 1. The van der Waals surface area contributed by atoms with Crippen LogP contribution in [0.4, 0.5) is 8.78 Å². The average molecular weight is 441 g/mol. The van der Waals surface area contributed by atoms with Crippen LogP contribution in [0.15, 0.2) is 42.5 Å². The van der Waals surface area contributed by atoms with E-state index in [0.717, 1.165) is 18.4 Å². The van der Waals surface area contributed by atoms with E-state index in [4.69, 9.17) is 4.18 Å². The van der Waals surface area contributed by atoms with E-state index in [0.29, 0.717) is 31.5 Å². The lowest BCUT2D eigenvalue weighted by Gasteiger charge is -2.42. The normalized spacial score (nSPS) is 19.4. The first-order valence-electron chi connectivity index (χ1n) is 9.58. The minimum absolute atomic E-state index is 0.280. The predicted octanol–water partition coefficient (Wildman–Crippen LogP) is 3.06. The number of phenolic OH excluding ortho intramolecular Hbond substituents is 1. The molecule has 6 nitrogen and oxygen atoms in total. The minimum Gasteiger partial charge on any atom is -0.505 e. The van der Waals surface area contributed by atoms with E-state index in [1.165, 1.54) is 18.2 Å². The van der Waals surface area contributed by atoms with Gasteiger partial charge in [-0.25, -0.2) is 8.78 Å². The Morgan fingerprint density at radius 3 is 2.23 bits per heavy atom. The van der Waals surface area contributed by atoms with Crippen LogP contribution in [0.2, 0.25) is 0 Å². The Bertz CT molecular complexity index is 989. The lowest BCUT2D eigenvalue weighted by atomic mass is 9.83. The van der Waals surface area contributed by atoms with E-state index in [1.54, 1.807) is 19.1 Å². The molecule has 1 heterocycles. The van der Waals surface area contributed by atoms with Crippen LogP contribution in [0.3, 0.4) is 0 Å². The van der Waals surface area contributed by atoms with Crippen molar-refractivity contribution in [1.29, 1.82) is 0 Å². The second kappa shape index (κ2) is 8.58. The monoisotopic (exact) mass is 441 g/mol. The van der Waals surface area contributed by atoms with Crippen LogP contribution in [-0.4, -0.2) is 48.9 Å². The number of hydrogen-bond acceptors (Lipinski definition) is 6. The molecule has 1 fully saturated rings. The highest BCUT2D eigenvalue weighted by Gasteiger charge is 2.38. The molecule has 0 spiro atoms. The van der Waals surface area contributed by atoms with Gasteiger partial charge in [-0.05, 0) is 55.2 Å². The fraction of sp³-hybridized carbons (Fsp3) is 0.429. The van der Waals surface area contributed by atoms with Gasteiger partial charge in [0.2, 0.25) is 0 Å². The van der Waals surface area contributed by atoms with Gasteiger partial charge in [-0.2, -0.15) is 8.42 Å². The molecule has 0 unspecified atom stereocenters. The standard InChI is InChI=1S/C21H25F2NO5S/c1-14(20(29-30(2,27)28)15-3-8-19(25)18(23)13-15)24-11-9-21(26,10-12-24)16-4-6-17(22)7-5-16/h3-8,13-14,20,25-26H,9-12H2,1-2H3/t14-,20+/m1/s1. The van der Waals surface area contributed by atoms with Gasteiger partial charge in [0, 0.05) is 19.1 Å². The Kier molecular flexibility index (Phi) is 6.47. The number of rotatable bonds is 6. The number of benzene rings is 2. The molecule has 0 amide bonds. The molecule has 0 radical (unpaired) electrons. The molecule has 9 heteroatoms. The quantitative estimate of drug-likeness (QED) is 0.670. The maximum Gasteiger partial charge on any atom is 0.265 e. The van der Waals surface area contributed by atoms with Gasteiger partial charge in [-0.1, -0.05) is 18.2 Å². The number of nitrogens with zero attached hydrogens (tertiary/aromatic N) is 1. The van der Waals surface area contributed by atoms with Gasteiger partial charge in [-0.15, -0.1) is 0 Å². The molecular weight excluding hydrogens is 416 g/mol. The van der Waals surface area contributed by atoms with Crippen LogP contribution in [0.25, 0.3) is 0 Å². The van der Waals surface area contributed by atoms with Crippen LogP contribution in [-0.2, 0) is 19.9 Å². The van der Waals surface area contributed by atoms with E-state index >= 15 is 0 Å². The number of likely N-dealkylation sites (tertiary alicyclic amines) is 1. The van der Waals surface area contributed by atoms with Crippen molar-refractivity contribution in [2.24, 2.45) is 0 Å². The highest BCUT2D eigenvalue weighted by molar-refractivity contribution is 7.86. The minimum atomic E-state index is -3.84. The van der Waals surface area contributed by atoms with Crippen molar-refractivity contribution < 1.29 is 31.6 Å². The van der Waals surface area contributed by atoms with Gasteiger partial charge < -0.3 is 10.2 Å². The molecule has 30 heavy (non-hydrogen) atoms. The Morgan fingerprint density at radius 2 is 1.70 bits per heavy atom. The number of aromatic hydroxyl groups is 1. The Balaban J connectivity index is 1.79. The largest absolute Gasteiger partial charge is 0.505 e. The molecule has 164 valence electrons. The third-order valence-corrected chi connectivity index (χ3v) is 6.16. The molecule has 1 aliphatic rings. The molecule has 1 aliphatic heterocycles. The Morgan fingerprint density at radius 1 is 1.10 bits per heavy atom. The number of hydrogen-bond donors (Lipinski definition) is 2. The van der Waals surface area contributed by atoms with E-state index in [2.05, 4.69) is 0 Å². The summed E-state index contributed by atoms with van der Waals surface area (Å²) in [4.78, 5) is 1.96. The number of piperidine rings is 1. The molecule has 1 saturated heterocycles. The second-order valence-electron chi connectivity index (χ2n) is 7.75. The number of aliphatic hydroxyl groups is 1. The lowest BCUT2D eigenvalue weighted by molar-refractivity contribution is -0.0466. The first-order chi connectivity index (χ1) is 14.0. The Hall–Kier alpha value is -2.07. The summed E-state index contributed by atoms with van der Waals surface area (Å²) in [5.74, 6) is -1.78. The van der Waals surface area contributed by atoms with E-state index < -0.39 is 39.4 Å². The molecule has 0 aromatic heterocycles. The van der Waals surface area contributed by atoms with E-state index in [9.17, 15) is 27.4 Å². The first-order valence-corrected chi connectivity index (χ1v) is 11.4. The Labute approximate surface area is 174 Å². The van der Waals surface area contributed by atoms with Crippen molar-refractivity contribution in [3.05, 3.63) is 65.2 Å². The molecular formula is C21H25F2NO5S. The third kappa shape index (κ3) is 5.15. The summed E-state index contributed by atoms with van der Waals surface area (Å²) < 4.78 is 55.9. The van der Waals surface area contributed by atoms with E-state index in [1.807, 2.05) is 4.90 Å². The summed E-state index contributed by atoms with van der Waals surface area (Å²) in [5.41, 5.74) is -0.204. The van der Waals surface area contributed by atoms with Gasteiger partial charge in [-0.3, -0.25) is 9.08 Å². The molecule has 0 bridgehead atoms. The van der Waals surface area contributed by atoms with Crippen molar-refractivity contribution in [1.82, 2.24) is 4.90 Å².